The first kappa shape index (κ1) is 37.6. The number of benzene rings is 4. The average molecular weight is 746 g/mol. The number of amides is 3. The third-order valence-electron chi connectivity index (χ3n) is 9.07. The van der Waals surface area contributed by atoms with Gasteiger partial charge in [-0.05, 0) is 97.3 Å². The highest BCUT2D eigenvalue weighted by Crippen LogP contribution is 2.38. The van der Waals surface area contributed by atoms with Crippen LogP contribution in [0.4, 0.5) is 10.7 Å². The Balaban J connectivity index is 1.21. The molecule has 3 N–H and O–H groups in total. The van der Waals surface area contributed by atoms with Crippen LogP contribution < -0.4 is 16.0 Å². The normalized spacial score (nSPS) is 13.6. The summed E-state index contributed by atoms with van der Waals surface area (Å²) in [6.45, 7) is 4.00. The molecule has 4 aromatic carbocycles. The number of carbonyl (C=O) groups is 4. The number of ether oxygens (including phenoxy) is 1. The molecule has 0 fully saturated rings. The summed E-state index contributed by atoms with van der Waals surface area (Å²) in [5.41, 5.74) is 3.32. The first-order valence-electron chi connectivity index (χ1n) is 18.1. The Kier molecular flexibility index (Phi) is 12.8. The number of carbonyl (C=O) groups excluding carboxylic acids is 4. The van der Waals surface area contributed by atoms with E-state index in [-0.39, 0.29) is 24.2 Å². The lowest BCUT2D eigenvalue weighted by atomic mass is 9.96. The number of rotatable bonds is 12. The maximum absolute atomic E-state index is 13.9. The topological polar surface area (TPSA) is 114 Å². The van der Waals surface area contributed by atoms with Crippen molar-refractivity contribution in [1.29, 1.82) is 0 Å². The Morgan fingerprint density at radius 3 is 2.36 bits per heavy atom. The first-order chi connectivity index (χ1) is 25.8. The van der Waals surface area contributed by atoms with Gasteiger partial charge in [-0.1, -0.05) is 86.5 Å². The molecular weight excluding hydrogens is 703 g/mol. The van der Waals surface area contributed by atoms with E-state index in [0.29, 0.717) is 28.2 Å². The van der Waals surface area contributed by atoms with E-state index in [1.54, 1.807) is 43.3 Å². The maximum Gasteiger partial charge on any atom is 0.341 e. The van der Waals surface area contributed by atoms with Crippen molar-refractivity contribution in [3.8, 4) is 0 Å². The lowest BCUT2D eigenvalue weighted by Gasteiger charge is -2.16. The summed E-state index contributed by atoms with van der Waals surface area (Å²) in [5, 5.41) is 10.9. The molecule has 3 amide bonds. The second kappa shape index (κ2) is 18.0. The summed E-state index contributed by atoms with van der Waals surface area (Å²) in [7, 11) is 0. The van der Waals surface area contributed by atoms with E-state index >= 15 is 0 Å². The lowest BCUT2D eigenvalue weighted by Crippen LogP contribution is -2.30. The van der Waals surface area contributed by atoms with Crippen LogP contribution >= 0.6 is 23.1 Å². The number of thioether (sulfide) groups is 1. The molecule has 6 rings (SSSR count). The largest absolute Gasteiger partial charge is 0.462 e. The predicted octanol–water partition coefficient (Wildman–Crippen LogP) is 9.66. The summed E-state index contributed by atoms with van der Waals surface area (Å²) in [5.74, 6) is -1.49. The third-order valence-corrected chi connectivity index (χ3v) is 11.6. The summed E-state index contributed by atoms with van der Waals surface area (Å²) < 4.78 is 5.44. The Morgan fingerprint density at radius 1 is 0.830 bits per heavy atom. The van der Waals surface area contributed by atoms with Gasteiger partial charge in [0.2, 0.25) is 5.91 Å². The summed E-state index contributed by atoms with van der Waals surface area (Å²) in [6, 6.07) is 29.7. The number of aryl methyl sites for hydroxylation is 1. The fourth-order valence-electron chi connectivity index (χ4n) is 6.43. The van der Waals surface area contributed by atoms with Crippen LogP contribution in [0.25, 0.3) is 16.8 Å². The van der Waals surface area contributed by atoms with E-state index in [4.69, 9.17) is 4.74 Å². The molecule has 0 saturated heterocycles. The molecule has 0 saturated carbocycles. The number of anilines is 2. The molecule has 1 aliphatic rings. The number of nitrogens with one attached hydrogen (secondary N) is 3. The molecule has 10 heteroatoms. The molecule has 53 heavy (non-hydrogen) atoms. The van der Waals surface area contributed by atoms with Crippen LogP contribution in [-0.2, 0) is 27.2 Å². The predicted molar refractivity (Wildman–Crippen MR) is 216 cm³/mol. The van der Waals surface area contributed by atoms with Gasteiger partial charge < -0.3 is 20.7 Å². The van der Waals surface area contributed by atoms with Gasteiger partial charge in [-0.15, -0.1) is 23.1 Å². The van der Waals surface area contributed by atoms with Crippen molar-refractivity contribution in [2.75, 3.05) is 17.2 Å². The fraction of sp³-hybridized carbons (Fsp3) is 0.256. The number of hydrogen-bond acceptors (Lipinski definition) is 7. The number of esters is 1. The first-order valence-corrected chi connectivity index (χ1v) is 19.8. The Morgan fingerprint density at radius 2 is 1.57 bits per heavy atom. The van der Waals surface area contributed by atoms with Crippen LogP contribution in [0.15, 0.2) is 108 Å². The zero-order valence-electron chi connectivity index (χ0n) is 29.9. The molecule has 0 bridgehead atoms. The summed E-state index contributed by atoms with van der Waals surface area (Å²) in [6.07, 6.45) is 8.26. The zero-order valence-corrected chi connectivity index (χ0v) is 31.5. The summed E-state index contributed by atoms with van der Waals surface area (Å²) >= 11 is 2.88. The molecular formula is C43H43N3O5S2. The molecule has 0 radical (unpaired) electrons. The second-order valence-corrected chi connectivity index (χ2v) is 15.2. The van der Waals surface area contributed by atoms with Gasteiger partial charge >= 0.3 is 5.97 Å². The standard InChI is InChI=1S/C43H43N3O5S2/c1-3-36(41(49)46-42-38(43(50)51-4-2)34-24-10-5-6-11-25-37(34)53-42)52-32-22-15-21-31(27-32)44-40(48)35(45-39(47)29-17-8-7-9-18-29)26-30-20-14-19-28-16-12-13-23-33(28)30/h7-9,12-23,26-27,36H,3-6,10-11,24-25H2,1-2H3,(H,44,48)(H,45,47)(H,46,49)/b35-26+. The van der Waals surface area contributed by atoms with E-state index in [2.05, 4.69) is 16.0 Å². The average Bonchev–Trinajstić information content (AvgIpc) is 3.49. The molecule has 1 heterocycles. The monoisotopic (exact) mass is 745 g/mol. The van der Waals surface area contributed by atoms with Crippen molar-refractivity contribution < 1.29 is 23.9 Å². The fourth-order valence-corrected chi connectivity index (χ4v) is 8.72. The third kappa shape index (κ3) is 9.43. The van der Waals surface area contributed by atoms with Crippen molar-refractivity contribution >= 4 is 74.3 Å². The number of thiophene rings is 1. The molecule has 8 nitrogen and oxygen atoms in total. The van der Waals surface area contributed by atoms with Crippen LogP contribution in [0.5, 0.6) is 0 Å². The van der Waals surface area contributed by atoms with Gasteiger partial charge in [-0.25, -0.2) is 4.79 Å². The molecule has 1 unspecified atom stereocenters. The van der Waals surface area contributed by atoms with Gasteiger partial charge in [0.25, 0.3) is 11.8 Å². The summed E-state index contributed by atoms with van der Waals surface area (Å²) in [4.78, 5) is 56.0. The van der Waals surface area contributed by atoms with E-state index in [1.807, 2.05) is 73.7 Å². The molecule has 1 aliphatic carbocycles. The van der Waals surface area contributed by atoms with E-state index < -0.39 is 17.1 Å². The van der Waals surface area contributed by atoms with Crippen LogP contribution in [0.3, 0.4) is 0 Å². The van der Waals surface area contributed by atoms with Gasteiger partial charge in [0, 0.05) is 21.0 Å². The smallest absolute Gasteiger partial charge is 0.341 e. The molecule has 5 aromatic rings. The van der Waals surface area contributed by atoms with Crippen LogP contribution in [0.1, 0.15) is 82.7 Å². The maximum atomic E-state index is 13.9. The van der Waals surface area contributed by atoms with Crippen LogP contribution in [-0.4, -0.2) is 35.5 Å². The van der Waals surface area contributed by atoms with Gasteiger partial charge in [0.1, 0.15) is 10.7 Å². The highest BCUT2D eigenvalue weighted by atomic mass is 32.2. The van der Waals surface area contributed by atoms with Gasteiger partial charge in [0.05, 0.1) is 17.4 Å². The number of fused-ring (bicyclic) bond motifs is 2. The highest BCUT2D eigenvalue weighted by molar-refractivity contribution is 8.00. The van der Waals surface area contributed by atoms with Crippen LogP contribution in [0, 0.1) is 0 Å². The van der Waals surface area contributed by atoms with Crippen molar-refractivity contribution in [3.05, 3.63) is 130 Å². The van der Waals surface area contributed by atoms with Crippen molar-refractivity contribution in [3.63, 3.8) is 0 Å². The van der Waals surface area contributed by atoms with Crippen molar-refractivity contribution in [1.82, 2.24) is 5.32 Å². The van der Waals surface area contributed by atoms with Gasteiger partial charge in [-0.3, -0.25) is 14.4 Å². The Hall–Kier alpha value is -5.19. The Labute approximate surface area is 318 Å². The molecule has 1 aromatic heterocycles. The SMILES string of the molecule is CCOC(=O)c1c(NC(=O)C(CC)Sc2cccc(NC(=O)/C(=C\c3cccc4ccccc34)NC(=O)c3ccccc3)c2)sc2c1CCCCCC2. The molecule has 272 valence electrons. The van der Waals surface area contributed by atoms with E-state index in [9.17, 15) is 19.2 Å². The Bertz CT molecular complexity index is 2140. The molecule has 1 atom stereocenters. The minimum Gasteiger partial charge on any atom is -0.462 e. The number of hydrogen-bond donors (Lipinski definition) is 3. The lowest BCUT2D eigenvalue weighted by molar-refractivity contribution is -0.116. The highest BCUT2D eigenvalue weighted by Gasteiger charge is 2.28. The molecule has 0 aliphatic heterocycles. The van der Waals surface area contributed by atoms with Gasteiger partial charge in [-0.2, -0.15) is 0 Å². The van der Waals surface area contributed by atoms with Crippen molar-refractivity contribution in [2.24, 2.45) is 0 Å². The minimum absolute atomic E-state index is 0.0847. The van der Waals surface area contributed by atoms with E-state index in [0.717, 1.165) is 70.2 Å². The van der Waals surface area contributed by atoms with Gasteiger partial charge in [0.15, 0.2) is 0 Å². The molecule has 0 spiro atoms. The zero-order chi connectivity index (χ0) is 37.2. The second-order valence-electron chi connectivity index (χ2n) is 12.8. The minimum atomic E-state index is -0.492. The quantitative estimate of drug-likeness (QED) is 0.0666. The van der Waals surface area contributed by atoms with Crippen LogP contribution in [0.2, 0.25) is 0 Å². The van der Waals surface area contributed by atoms with E-state index in [1.165, 1.54) is 23.1 Å². The van der Waals surface area contributed by atoms with Crippen molar-refractivity contribution in [2.45, 2.75) is 68.9 Å².